The first-order chi connectivity index (χ1) is 10.1. The average Bonchev–Trinajstić information content (AvgIpc) is 2.47. The highest BCUT2D eigenvalue weighted by molar-refractivity contribution is 5.98. The molecule has 2 N–H and O–H groups in total. The molecule has 0 spiro atoms. The largest absolute Gasteiger partial charge is 0.489 e. The van der Waals surface area contributed by atoms with E-state index in [1.165, 1.54) is 7.11 Å². The van der Waals surface area contributed by atoms with E-state index in [2.05, 4.69) is 5.16 Å². The Morgan fingerprint density at radius 1 is 1.19 bits per heavy atom. The fraction of sp³-hybridized carbons (Fsp3) is 0.235. The highest BCUT2D eigenvalue weighted by Crippen LogP contribution is 2.22. The van der Waals surface area contributed by atoms with E-state index in [1.54, 1.807) is 0 Å². The Bertz CT molecular complexity index is 651. The lowest BCUT2D eigenvalue weighted by Gasteiger charge is -2.12. The van der Waals surface area contributed by atoms with Gasteiger partial charge in [-0.1, -0.05) is 23.4 Å². The summed E-state index contributed by atoms with van der Waals surface area (Å²) in [7, 11) is 1.54. The lowest BCUT2D eigenvalue weighted by molar-refractivity contribution is 0.213. The molecule has 0 bridgehead atoms. The normalized spacial score (nSPS) is 11.3. The van der Waals surface area contributed by atoms with Crippen molar-refractivity contribution in [2.24, 2.45) is 5.16 Å². The van der Waals surface area contributed by atoms with Gasteiger partial charge in [0.15, 0.2) is 0 Å². The van der Waals surface area contributed by atoms with Crippen molar-refractivity contribution in [2.75, 3.05) is 12.8 Å². The number of benzene rings is 2. The fourth-order valence-electron chi connectivity index (χ4n) is 2.05. The number of hydrogen-bond acceptors (Lipinski definition) is 4. The minimum absolute atomic E-state index is 0.456. The fourth-order valence-corrected chi connectivity index (χ4v) is 2.05. The van der Waals surface area contributed by atoms with Crippen molar-refractivity contribution in [3.63, 3.8) is 0 Å². The van der Waals surface area contributed by atoms with E-state index in [0.717, 1.165) is 33.8 Å². The van der Waals surface area contributed by atoms with Crippen LogP contribution in [0, 0.1) is 6.92 Å². The third-order valence-electron chi connectivity index (χ3n) is 3.26. The molecule has 2 rings (SSSR count). The zero-order chi connectivity index (χ0) is 15.2. The molecule has 0 atom stereocenters. The van der Waals surface area contributed by atoms with E-state index in [4.69, 9.17) is 15.3 Å². The van der Waals surface area contributed by atoms with E-state index < -0.39 is 0 Å². The minimum Gasteiger partial charge on any atom is -0.489 e. The molecule has 110 valence electrons. The number of anilines is 1. The van der Waals surface area contributed by atoms with Crippen LogP contribution in [0.25, 0.3) is 0 Å². The second-order valence-corrected chi connectivity index (χ2v) is 4.83. The molecule has 0 saturated carbocycles. The van der Waals surface area contributed by atoms with Crippen LogP contribution in [0.15, 0.2) is 47.6 Å². The number of oxime groups is 1. The SMILES string of the molecule is CO/N=C(\C)c1ccc(OCc2ccccc2N)c(C)c1. The summed E-state index contributed by atoms with van der Waals surface area (Å²) >= 11 is 0. The third kappa shape index (κ3) is 3.75. The maximum absolute atomic E-state index is 5.91. The Balaban J connectivity index is 2.12. The standard InChI is InChI=1S/C17H20N2O2/c1-12-10-14(13(2)19-20-3)8-9-17(12)21-11-15-6-4-5-7-16(15)18/h4-10H,11,18H2,1-3H3/b19-13+. The second-order valence-electron chi connectivity index (χ2n) is 4.83. The highest BCUT2D eigenvalue weighted by Gasteiger charge is 2.05. The molecule has 21 heavy (non-hydrogen) atoms. The Labute approximate surface area is 125 Å². The van der Waals surface area contributed by atoms with E-state index in [9.17, 15) is 0 Å². The summed E-state index contributed by atoms with van der Waals surface area (Å²) in [4.78, 5) is 4.79. The molecule has 0 amide bonds. The molecule has 4 heteroatoms. The number of para-hydroxylation sites is 1. The van der Waals surface area contributed by atoms with Crippen LogP contribution in [0.2, 0.25) is 0 Å². The zero-order valence-corrected chi connectivity index (χ0v) is 12.6. The van der Waals surface area contributed by atoms with Crippen LogP contribution in [0.3, 0.4) is 0 Å². The molecule has 2 aromatic rings. The second kappa shape index (κ2) is 6.79. The van der Waals surface area contributed by atoms with Gasteiger partial charge in [0.2, 0.25) is 0 Å². The summed E-state index contributed by atoms with van der Waals surface area (Å²) in [5.41, 5.74) is 10.5. The van der Waals surface area contributed by atoms with Crippen molar-refractivity contribution in [2.45, 2.75) is 20.5 Å². The van der Waals surface area contributed by atoms with Gasteiger partial charge in [0.1, 0.15) is 19.5 Å². The molecule has 4 nitrogen and oxygen atoms in total. The highest BCUT2D eigenvalue weighted by atomic mass is 16.6. The van der Waals surface area contributed by atoms with Gasteiger partial charge in [0.05, 0.1) is 5.71 Å². The molecule has 0 saturated heterocycles. The van der Waals surface area contributed by atoms with E-state index in [0.29, 0.717) is 6.61 Å². The number of aryl methyl sites for hydroxylation is 1. The predicted molar refractivity (Wildman–Crippen MR) is 85.6 cm³/mol. The van der Waals surface area contributed by atoms with Crippen LogP contribution >= 0.6 is 0 Å². The predicted octanol–water partition coefficient (Wildman–Crippen LogP) is 3.53. The molecule has 0 radical (unpaired) electrons. The molecule has 0 heterocycles. The van der Waals surface area contributed by atoms with Gasteiger partial charge >= 0.3 is 0 Å². The van der Waals surface area contributed by atoms with Crippen molar-refractivity contribution in [3.8, 4) is 5.75 Å². The van der Waals surface area contributed by atoms with Crippen molar-refractivity contribution in [3.05, 3.63) is 59.2 Å². The van der Waals surface area contributed by atoms with Gasteiger partial charge in [-0.05, 0) is 49.2 Å². The Hall–Kier alpha value is -2.49. The smallest absolute Gasteiger partial charge is 0.122 e. The van der Waals surface area contributed by atoms with E-state index in [1.807, 2.05) is 56.3 Å². The maximum atomic E-state index is 5.91. The number of rotatable bonds is 5. The Kier molecular flexibility index (Phi) is 4.82. The molecule has 0 aliphatic rings. The van der Waals surface area contributed by atoms with Gasteiger partial charge in [-0.3, -0.25) is 0 Å². The van der Waals surface area contributed by atoms with Crippen molar-refractivity contribution in [1.29, 1.82) is 0 Å². The molecule has 0 aliphatic carbocycles. The van der Waals surface area contributed by atoms with Crippen molar-refractivity contribution >= 4 is 11.4 Å². The number of ether oxygens (including phenoxy) is 1. The van der Waals surface area contributed by atoms with Crippen LogP contribution in [-0.2, 0) is 11.4 Å². The quantitative estimate of drug-likeness (QED) is 0.519. The van der Waals surface area contributed by atoms with Crippen LogP contribution in [0.4, 0.5) is 5.69 Å². The molecule has 2 aromatic carbocycles. The minimum atomic E-state index is 0.456. The van der Waals surface area contributed by atoms with Crippen LogP contribution in [0.1, 0.15) is 23.6 Å². The molecule has 0 fully saturated rings. The summed E-state index contributed by atoms with van der Waals surface area (Å²) in [6.07, 6.45) is 0. The summed E-state index contributed by atoms with van der Waals surface area (Å²) in [5.74, 6) is 0.840. The van der Waals surface area contributed by atoms with Gasteiger partial charge in [-0.15, -0.1) is 0 Å². The van der Waals surface area contributed by atoms with Gasteiger partial charge in [0.25, 0.3) is 0 Å². The van der Waals surface area contributed by atoms with Gasteiger partial charge < -0.3 is 15.3 Å². The lowest BCUT2D eigenvalue weighted by Crippen LogP contribution is -2.02. The molecule has 0 aromatic heterocycles. The molecular formula is C17H20N2O2. The van der Waals surface area contributed by atoms with Gasteiger partial charge in [0, 0.05) is 11.3 Å². The number of nitrogen functional groups attached to an aromatic ring is 1. The molecule has 0 unspecified atom stereocenters. The van der Waals surface area contributed by atoms with Crippen molar-refractivity contribution in [1.82, 2.24) is 0 Å². The molecule has 0 aliphatic heterocycles. The number of nitrogens with two attached hydrogens (primary N) is 1. The summed E-state index contributed by atoms with van der Waals surface area (Å²) in [6.45, 7) is 4.37. The van der Waals surface area contributed by atoms with Gasteiger partial charge in [-0.2, -0.15) is 0 Å². The Morgan fingerprint density at radius 3 is 2.62 bits per heavy atom. The van der Waals surface area contributed by atoms with E-state index >= 15 is 0 Å². The summed E-state index contributed by atoms with van der Waals surface area (Å²) < 4.78 is 5.85. The van der Waals surface area contributed by atoms with Crippen molar-refractivity contribution < 1.29 is 9.57 Å². The third-order valence-corrected chi connectivity index (χ3v) is 3.26. The maximum Gasteiger partial charge on any atom is 0.122 e. The zero-order valence-electron chi connectivity index (χ0n) is 12.6. The Morgan fingerprint density at radius 2 is 1.95 bits per heavy atom. The van der Waals surface area contributed by atoms with Crippen LogP contribution in [-0.4, -0.2) is 12.8 Å². The summed E-state index contributed by atoms with van der Waals surface area (Å²) in [6, 6.07) is 13.6. The first-order valence-electron chi connectivity index (χ1n) is 6.76. The number of nitrogens with zero attached hydrogens (tertiary/aromatic N) is 1. The first-order valence-corrected chi connectivity index (χ1v) is 6.76. The lowest BCUT2D eigenvalue weighted by atomic mass is 10.1. The topological polar surface area (TPSA) is 56.8 Å². The number of hydrogen-bond donors (Lipinski definition) is 1. The first kappa shape index (κ1) is 14.9. The van der Waals surface area contributed by atoms with E-state index in [-0.39, 0.29) is 0 Å². The molecular weight excluding hydrogens is 264 g/mol. The van der Waals surface area contributed by atoms with Crippen LogP contribution in [0.5, 0.6) is 5.75 Å². The monoisotopic (exact) mass is 284 g/mol. The average molecular weight is 284 g/mol. The van der Waals surface area contributed by atoms with Crippen LogP contribution < -0.4 is 10.5 Å². The van der Waals surface area contributed by atoms with Gasteiger partial charge in [-0.25, -0.2) is 0 Å². The summed E-state index contributed by atoms with van der Waals surface area (Å²) in [5, 5.41) is 3.93.